The van der Waals surface area contributed by atoms with Gasteiger partial charge in [-0.2, -0.15) is 0 Å². The van der Waals surface area contributed by atoms with Crippen LogP contribution in [-0.2, 0) is 22.6 Å². The zero-order chi connectivity index (χ0) is 22.8. The van der Waals surface area contributed by atoms with E-state index in [-0.39, 0.29) is 5.91 Å². The molecule has 172 valence electrons. The van der Waals surface area contributed by atoms with Gasteiger partial charge in [0.15, 0.2) is 5.60 Å². The number of hydrogen-bond acceptors (Lipinski definition) is 4. The summed E-state index contributed by atoms with van der Waals surface area (Å²) in [5.41, 5.74) is 2.48. The third-order valence-electron chi connectivity index (χ3n) is 6.65. The van der Waals surface area contributed by atoms with Crippen molar-refractivity contribution in [3.8, 4) is 0 Å². The predicted octanol–water partition coefficient (Wildman–Crippen LogP) is 4.18. The number of carbonyl (C=O) groups excluding carboxylic acids is 1. The molecule has 1 saturated heterocycles. The molecule has 1 amide bonds. The Balaban J connectivity index is 1.38. The van der Waals surface area contributed by atoms with Gasteiger partial charge >= 0.3 is 0 Å². The van der Waals surface area contributed by atoms with Crippen LogP contribution in [0, 0.1) is 0 Å². The van der Waals surface area contributed by atoms with E-state index in [1.54, 1.807) is 0 Å². The fourth-order valence-electron chi connectivity index (χ4n) is 5.10. The van der Waals surface area contributed by atoms with Crippen molar-refractivity contribution in [3.63, 3.8) is 0 Å². The van der Waals surface area contributed by atoms with Crippen LogP contribution in [-0.4, -0.2) is 57.1 Å². The molecular weight excluding hydrogens is 412 g/mol. The summed E-state index contributed by atoms with van der Waals surface area (Å²) in [6, 6.07) is 18.8. The van der Waals surface area contributed by atoms with Crippen LogP contribution in [0.5, 0.6) is 0 Å². The van der Waals surface area contributed by atoms with Gasteiger partial charge in [-0.05, 0) is 31.5 Å². The first-order chi connectivity index (χ1) is 16.1. The number of hydrogen-bond donors (Lipinski definition) is 0. The summed E-state index contributed by atoms with van der Waals surface area (Å²) in [5.74, 6) is 1.12. The highest BCUT2D eigenvalue weighted by Crippen LogP contribution is 2.30. The lowest BCUT2D eigenvalue weighted by Gasteiger charge is -2.42. The number of carbonyl (C=O) groups is 1. The molecule has 6 heteroatoms. The Morgan fingerprint density at radius 1 is 1.03 bits per heavy atom. The first kappa shape index (κ1) is 21.9. The van der Waals surface area contributed by atoms with Gasteiger partial charge in [0.25, 0.3) is 5.91 Å². The molecule has 1 spiro atoms. The number of aromatic nitrogens is 2. The van der Waals surface area contributed by atoms with E-state index in [1.807, 2.05) is 29.2 Å². The highest BCUT2D eigenvalue weighted by molar-refractivity contribution is 5.86. The molecule has 3 aromatic rings. The lowest BCUT2D eigenvalue weighted by molar-refractivity contribution is -0.170. The average Bonchev–Trinajstić information content (AvgIpc) is 3.12. The highest BCUT2D eigenvalue weighted by atomic mass is 16.5. The van der Waals surface area contributed by atoms with Crippen LogP contribution in [0.1, 0.15) is 37.7 Å². The number of para-hydroxylation sites is 2. The van der Waals surface area contributed by atoms with Gasteiger partial charge in [0.1, 0.15) is 5.82 Å². The van der Waals surface area contributed by atoms with Gasteiger partial charge in [-0.25, -0.2) is 4.98 Å². The minimum Gasteiger partial charge on any atom is -0.362 e. The Hall–Kier alpha value is -2.96. The van der Waals surface area contributed by atoms with E-state index >= 15 is 0 Å². The molecular formula is C27H32N4O2. The Morgan fingerprint density at radius 3 is 2.64 bits per heavy atom. The lowest BCUT2D eigenvalue weighted by Crippen LogP contribution is -2.59. The van der Waals surface area contributed by atoms with E-state index in [0.717, 1.165) is 29.0 Å². The van der Waals surface area contributed by atoms with Crippen LogP contribution in [0.3, 0.4) is 0 Å². The van der Waals surface area contributed by atoms with Crippen LogP contribution in [0.2, 0.25) is 0 Å². The summed E-state index contributed by atoms with van der Waals surface area (Å²) >= 11 is 0. The Labute approximate surface area is 195 Å². The van der Waals surface area contributed by atoms with Crippen molar-refractivity contribution in [1.29, 1.82) is 0 Å². The standard InChI is InChI=1S/C27H32N4O2/c1-21(2)31-24-13-7-6-12-23(24)28-25(31)19-29-16-17-33-27(20-29)14-8-9-15-30(26(27)32)18-22-10-4-3-5-11-22/h3-13,21H,14-20H2,1-2H3/t27-/m0/s1. The second-order valence-electron chi connectivity index (χ2n) is 9.38. The number of ether oxygens (including phenoxy) is 1. The molecule has 1 atom stereocenters. The van der Waals surface area contributed by atoms with E-state index in [0.29, 0.717) is 45.2 Å². The second-order valence-corrected chi connectivity index (χ2v) is 9.38. The van der Waals surface area contributed by atoms with Crippen molar-refractivity contribution in [2.45, 2.75) is 45.0 Å². The molecule has 3 heterocycles. The molecule has 2 aliphatic heterocycles. The van der Waals surface area contributed by atoms with Gasteiger partial charge in [0, 0.05) is 38.6 Å². The Bertz CT molecular complexity index is 1150. The smallest absolute Gasteiger partial charge is 0.257 e. The largest absolute Gasteiger partial charge is 0.362 e. The summed E-state index contributed by atoms with van der Waals surface area (Å²) in [6.45, 7) is 8.20. The molecule has 0 saturated carbocycles. The van der Waals surface area contributed by atoms with Crippen LogP contribution < -0.4 is 0 Å². The average molecular weight is 445 g/mol. The van der Waals surface area contributed by atoms with Crippen molar-refractivity contribution in [2.75, 3.05) is 26.2 Å². The second kappa shape index (κ2) is 9.12. The number of morpholine rings is 1. The molecule has 5 rings (SSSR count). The van der Waals surface area contributed by atoms with Crippen molar-refractivity contribution in [1.82, 2.24) is 19.4 Å². The fraction of sp³-hybridized carbons (Fsp3) is 0.407. The Kier molecular flexibility index (Phi) is 6.04. The molecule has 0 aliphatic carbocycles. The maximum Gasteiger partial charge on any atom is 0.257 e. The van der Waals surface area contributed by atoms with Crippen LogP contribution in [0.4, 0.5) is 0 Å². The molecule has 33 heavy (non-hydrogen) atoms. The van der Waals surface area contributed by atoms with E-state index in [2.05, 4.69) is 65.8 Å². The maximum atomic E-state index is 13.8. The van der Waals surface area contributed by atoms with Crippen molar-refractivity contribution in [3.05, 3.63) is 78.1 Å². The SMILES string of the molecule is CC(C)n1c(CN2CCO[C@@]3(CC=CCN(Cc4ccccc4)C3=O)C2)nc2ccccc21. The van der Waals surface area contributed by atoms with Crippen molar-refractivity contribution < 1.29 is 9.53 Å². The van der Waals surface area contributed by atoms with E-state index in [1.165, 1.54) is 0 Å². The summed E-state index contributed by atoms with van der Waals surface area (Å²) < 4.78 is 8.57. The number of rotatable bonds is 5. The molecule has 0 radical (unpaired) electrons. The highest BCUT2D eigenvalue weighted by Gasteiger charge is 2.46. The molecule has 0 bridgehead atoms. The first-order valence-corrected chi connectivity index (χ1v) is 11.9. The minimum absolute atomic E-state index is 0.0819. The molecule has 0 unspecified atom stereocenters. The third kappa shape index (κ3) is 4.33. The molecule has 2 aliphatic rings. The quantitative estimate of drug-likeness (QED) is 0.554. The number of benzene rings is 2. The molecule has 1 fully saturated rings. The van der Waals surface area contributed by atoms with Crippen LogP contribution in [0.25, 0.3) is 11.0 Å². The van der Waals surface area contributed by atoms with Crippen molar-refractivity contribution in [2.24, 2.45) is 0 Å². The number of fused-ring (bicyclic) bond motifs is 1. The fourth-order valence-corrected chi connectivity index (χ4v) is 5.10. The minimum atomic E-state index is -0.839. The van der Waals surface area contributed by atoms with Gasteiger partial charge < -0.3 is 14.2 Å². The zero-order valence-corrected chi connectivity index (χ0v) is 19.5. The summed E-state index contributed by atoms with van der Waals surface area (Å²) in [6.07, 6.45) is 4.81. The van der Waals surface area contributed by atoms with E-state index < -0.39 is 5.60 Å². The number of nitrogens with zero attached hydrogens (tertiary/aromatic N) is 4. The summed E-state index contributed by atoms with van der Waals surface area (Å²) in [7, 11) is 0. The van der Waals surface area contributed by atoms with E-state index in [4.69, 9.17) is 9.72 Å². The lowest BCUT2D eigenvalue weighted by atomic mass is 9.95. The molecule has 1 aromatic heterocycles. The van der Waals surface area contributed by atoms with Gasteiger partial charge in [0.05, 0.1) is 24.2 Å². The molecule has 6 nitrogen and oxygen atoms in total. The van der Waals surface area contributed by atoms with Crippen LogP contribution in [0.15, 0.2) is 66.7 Å². The van der Waals surface area contributed by atoms with E-state index in [9.17, 15) is 4.79 Å². The predicted molar refractivity (Wildman–Crippen MR) is 130 cm³/mol. The number of imidazole rings is 1. The summed E-state index contributed by atoms with van der Waals surface area (Å²) in [5, 5.41) is 0. The molecule has 2 aromatic carbocycles. The summed E-state index contributed by atoms with van der Waals surface area (Å²) in [4.78, 5) is 23.0. The first-order valence-electron chi connectivity index (χ1n) is 11.9. The monoisotopic (exact) mass is 444 g/mol. The van der Waals surface area contributed by atoms with Crippen LogP contribution >= 0.6 is 0 Å². The van der Waals surface area contributed by atoms with Crippen molar-refractivity contribution >= 4 is 16.9 Å². The van der Waals surface area contributed by atoms with Gasteiger partial charge in [0.2, 0.25) is 0 Å². The van der Waals surface area contributed by atoms with Gasteiger partial charge in [-0.1, -0.05) is 54.6 Å². The van der Waals surface area contributed by atoms with Gasteiger partial charge in [-0.3, -0.25) is 9.69 Å². The zero-order valence-electron chi connectivity index (χ0n) is 19.5. The van der Waals surface area contributed by atoms with Gasteiger partial charge in [-0.15, -0.1) is 0 Å². The topological polar surface area (TPSA) is 50.6 Å². The normalized spacial score (nSPS) is 21.9. The molecule has 0 N–H and O–H groups in total. The third-order valence-corrected chi connectivity index (χ3v) is 6.65. The number of amides is 1. The maximum absolute atomic E-state index is 13.8. The Morgan fingerprint density at radius 2 is 1.82 bits per heavy atom.